The highest BCUT2D eigenvalue weighted by Gasteiger charge is 2.03. The number of carbonyl (C=O) groups is 1. The van der Waals surface area contributed by atoms with Crippen molar-refractivity contribution in [1.82, 2.24) is 0 Å². The Morgan fingerprint density at radius 1 is 1.36 bits per heavy atom. The number of phenolic OH excluding ortho intramolecular Hbond substituents is 1. The van der Waals surface area contributed by atoms with Crippen molar-refractivity contribution in [3.05, 3.63) is 35.4 Å². The Hall–Kier alpha value is -1.57. The molecule has 0 aliphatic rings. The van der Waals surface area contributed by atoms with E-state index in [0.29, 0.717) is 11.1 Å². The van der Waals surface area contributed by atoms with Crippen LogP contribution in [-0.4, -0.2) is 11.4 Å². The third-order valence-electron chi connectivity index (χ3n) is 2.06. The van der Waals surface area contributed by atoms with Crippen molar-refractivity contribution in [1.29, 1.82) is 0 Å². The molecule has 2 nitrogen and oxygen atoms in total. The molecule has 0 radical (unpaired) electrons. The summed E-state index contributed by atoms with van der Waals surface area (Å²) in [4.78, 5) is 10.7. The van der Waals surface area contributed by atoms with E-state index < -0.39 is 0 Å². The molecule has 1 N–H and O–H groups in total. The number of phenols is 1. The first kappa shape index (κ1) is 10.5. The Morgan fingerprint density at radius 3 is 2.50 bits per heavy atom. The molecule has 74 valence electrons. The molecule has 0 saturated heterocycles. The zero-order chi connectivity index (χ0) is 10.6. The number of hydrogen-bond acceptors (Lipinski definition) is 2. The minimum atomic E-state index is 0.173. The van der Waals surface area contributed by atoms with Crippen molar-refractivity contribution in [3.63, 3.8) is 0 Å². The average Bonchev–Trinajstić information content (AvgIpc) is 2.16. The average molecular weight is 190 g/mol. The van der Waals surface area contributed by atoms with Gasteiger partial charge in [0, 0.05) is 5.56 Å². The van der Waals surface area contributed by atoms with Gasteiger partial charge in [0.05, 0.1) is 0 Å². The van der Waals surface area contributed by atoms with Crippen molar-refractivity contribution >= 4 is 12.4 Å². The van der Waals surface area contributed by atoms with Gasteiger partial charge in [-0.25, -0.2) is 0 Å². The molecular weight excluding hydrogens is 176 g/mol. The quantitative estimate of drug-likeness (QED) is 0.587. The van der Waals surface area contributed by atoms with Gasteiger partial charge in [0.1, 0.15) is 12.0 Å². The summed E-state index contributed by atoms with van der Waals surface area (Å²) in [6, 6.07) is 6.97. The third-order valence-corrected chi connectivity index (χ3v) is 2.06. The van der Waals surface area contributed by atoms with E-state index in [4.69, 9.17) is 0 Å². The van der Waals surface area contributed by atoms with Gasteiger partial charge in [0.2, 0.25) is 0 Å². The minimum absolute atomic E-state index is 0.173. The molecule has 0 unspecified atom stereocenters. The number of rotatable bonds is 3. The fraction of sp³-hybridized carbons (Fsp3) is 0.250. The molecule has 1 aromatic carbocycles. The van der Waals surface area contributed by atoms with Gasteiger partial charge in [0.15, 0.2) is 0 Å². The summed E-state index contributed by atoms with van der Waals surface area (Å²) in [5.41, 5.74) is 1.37. The van der Waals surface area contributed by atoms with E-state index in [-0.39, 0.29) is 11.7 Å². The van der Waals surface area contributed by atoms with Crippen LogP contribution < -0.4 is 0 Å². The molecule has 0 heterocycles. The van der Waals surface area contributed by atoms with Crippen molar-refractivity contribution in [2.75, 3.05) is 0 Å². The third kappa shape index (κ3) is 2.46. The zero-order valence-corrected chi connectivity index (χ0v) is 8.40. The van der Waals surface area contributed by atoms with Gasteiger partial charge in [0.25, 0.3) is 0 Å². The van der Waals surface area contributed by atoms with E-state index in [0.717, 1.165) is 6.29 Å². The smallest absolute Gasteiger partial charge is 0.146 e. The van der Waals surface area contributed by atoms with Crippen LogP contribution in [0.3, 0.4) is 0 Å². The Bertz CT molecular complexity index is 351. The van der Waals surface area contributed by atoms with E-state index in [9.17, 15) is 9.90 Å². The lowest BCUT2D eigenvalue weighted by Gasteiger charge is -2.04. The van der Waals surface area contributed by atoms with Crippen molar-refractivity contribution in [2.45, 2.75) is 13.8 Å². The van der Waals surface area contributed by atoms with Crippen LogP contribution in [0.2, 0.25) is 0 Å². The van der Waals surface area contributed by atoms with E-state index in [1.807, 2.05) is 19.9 Å². The van der Waals surface area contributed by atoms with Gasteiger partial charge in [-0.1, -0.05) is 32.0 Å². The molecule has 0 aromatic heterocycles. The second-order valence-electron chi connectivity index (χ2n) is 3.48. The van der Waals surface area contributed by atoms with Gasteiger partial charge >= 0.3 is 0 Å². The molecule has 0 aliphatic carbocycles. The summed E-state index contributed by atoms with van der Waals surface area (Å²) in [5, 5.41) is 9.48. The highest BCUT2D eigenvalue weighted by atomic mass is 16.3. The number of aldehydes is 1. The van der Waals surface area contributed by atoms with E-state index in [1.54, 1.807) is 24.3 Å². The van der Waals surface area contributed by atoms with Crippen LogP contribution in [0, 0.1) is 5.92 Å². The monoisotopic (exact) mass is 190 g/mol. The lowest BCUT2D eigenvalue weighted by Crippen LogP contribution is -1.94. The van der Waals surface area contributed by atoms with Crippen LogP contribution >= 0.6 is 0 Å². The fourth-order valence-corrected chi connectivity index (χ4v) is 1.13. The molecular formula is C12H14O2. The number of para-hydroxylation sites is 1. The molecule has 0 bridgehead atoms. The van der Waals surface area contributed by atoms with Crippen LogP contribution in [0.25, 0.3) is 6.08 Å². The minimum Gasteiger partial charge on any atom is -0.507 e. The number of aromatic hydroxyl groups is 1. The van der Waals surface area contributed by atoms with E-state index in [2.05, 4.69) is 0 Å². The Kier molecular flexibility index (Phi) is 3.46. The maximum absolute atomic E-state index is 10.7. The summed E-state index contributed by atoms with van der Waals surface area (Å²) in [6.07, 6.45) is 2.55. The number of benzene rings is 1. The van der Waals surface area contributed by atoms with Crippen LogP contribution in [0.4, 0.5) is 0 Å². The second-order valence-corrected chi connectivity index (χ2v) is 3.48. The number of hydrogen-bond donors (Lipinski definition) is 1. The fourth-order valence-electron chi connectivity index (χ4n) is 1.13. The van der Waals surface area contributed by atoms with Crippen LogP contribution in [0.5, 0.6) is 5.75 Å². The molecule has 0 fully saturated rings. The normalized spacial score (nSPS) is 11.8. The summed E-state index contributed by atoms with van der Waals surface area (Å²) in [5.74, 6) is 0.375. The lowest BCUT2D eigenvalue weighted by molar-refractivity contribution is -0.105. The summed E-state index contributed by atoms with van der Waals surface area (Å²) >= 11 is 0. The molecule has 14 heavy (non-hydrogen) atoms. The highest BCUT2D eigenvalue weighted by molar-refractivity contribution is 5.83. The molecule has 1 rings (SSSR count). The maximum Gasteiger partial charge on any atom is 0.146 e. The first-order valence-corrected chi connectivity index (χ1v) is 4.60. The molecule has 0 atom stereocenters. The Morgan fingerprint density at radius 2 is 2.00 bits per heavy atom. The molecule has 2 heteroatoms. The van der Waals surface area contributed by atoms with Crippen LogP contribution in [0.15, 0.2) is 29.8 Å². The Labute approximate surface area is 83.9 Å². The summed E-state index contributed by atoms with van der Waals surface area (Å²) in [6.45, 7) is 3.89. The van der Waals surface area contributed by atoms with E-state index in [1.165, 1.54) is 0 Å². The van der Waals surface area contributed by atoms with Gasteiger partial charge in [-0.05, 0) is 23.6 Å². The predicted octanol–water partition coefficient (Wildman–Crippen LogP) is 2.63. The SMILES string of the molecule is CC(C)/C(C=O)=C/c1ccccc1O. The number of carbonyl (C=O) groups excluding carboxylic acids is 1. The van der Waals surface area contributed by atoms with Crippen LogP contribution in [-0.2, 0) is 4.79 Å². The zero-order valence-electron chi connectivity index (χ0n) is 8.40. The van der Waals surface area contributed by atoms with E-state index >= 15 is 0 Å². The van der Waals surface area contributed by atoms with Gasteiger partial charge in [-0.15, -0.1) is 0 Å². The Balaban J connectivity index is 3.06. The highest BCUT2D eigenvalue weighted by Crippen LogP contribution is 2.20. The summed E-state index contributed by atoms with van der Waals surface area (Å²) in [7, 11) is 0. The summed E-state index contributed by atoms with van der Waals surface area (Å²) < 4.78 is 0. The first-order chi connectivity index (χ1) is 6.65. The molecule has 0 amide bonds. The van der Waals surface area contributed by atoms with Crippen molar-refractivity contribution in [3.8, 4) is 5.75 Å². The van der Waals surface area contributed by atoms with Crippen molar-refractivity contribution < 1.29 is 9.90 Å². The second kappa shape index (κ2) is 4.61. The molecule has 0 saturated carbocycles. The predicted molar refractivity (Wildman–Crippen MR) is 57.0 cm³/mol. The number of allylic oxidation sites excluding steroid dienone is 1. The van der Waals surface area contributed by atoms with Crippen molar-refractivity contribution in [2.24, 2.45) is 5.92 Å². The molecule has 1 aromatic rings. The maximum atomic E-state index is 10.7. The standard InChI is InChI=1S/C12H14O2/c1-9(2)11(8-13)7-10-5-3-4-6-12(10)14/h3-9,14H,1-2H3/b11-7+. The molecule has 0 aliphatic heterocycles. The van der Waals surface area contributed by atoms with Crippen LogP contribution in [0.1, 0.15) is 19.4 Å². The topological polar surface area (TPSA) is 37.3 Å². The van der Waals surface area contributed by atoms with Gasteiger partial charge in [-0.2, -0.15) is 0 Å². The largest absolute Gasteiger partial charge is 0.507 e. The van der Waals surface area contributed by atoms with Gasteiger partial charge < -0.3 is 5.11 Å². The molecule has 0 spiro atoms. The first-order valence-electron chi connectivity index (χ1n) is 4.60. The van der Waals surface area contributed by atoms with Gasteiger partial charge in [-0.3, -0.25) is 4.79 Å². The lowest BCUT2D eigenvalue weighted by atomic mass is 10.0.